The standard InChI is InChI=1S/C10H18N2O3/c1-3-12(7-9(13)15-4-2)10(14)11-8-5-6-8/h8H,3-7H2,1-2H3,(H,11,14). The maximum absolute atomic E-state index is 11.6. The molecule has 0 saturated heterocycles. The van der Waals surface area contributed by atoms with Crippen molar-refractivity contribution in [3.8, 4) is 0 Å². The smallest absolute Gasteiger partial charge is 0.325 e. The minimum Gasteiger partial charge on any atom is -0.465 e. The van der Waals surface area contributed by atoms with E-state index in [9.17, 15) is 9.59 Å². The lowest BCUT2D eigenvalue weighted by Crippen LogP contribution is -2.43. The van der Waals surface area contributed by atoms with Gasteiger partial charge in [0, 0.05) is 12.6 Å². The summed E-state index contributed by atoms with van der Waals surface area (Å²) in [5, 5.41) is 2.83. The van der Waals surface area contributed by atoms with Gasteiger partial charge >= 0.3 is 12.0 Å². The van der Waals surface area contributed by atoms with Gasteiger partial charge in [-0.05, 0) is 26.7 Å². The minimum absolute atomic E-state index is 0.0306. The molecule has 0 aromatic heterocycles. The highest BCUT2D eigenvalue weighted by atomic mass is 16.5. The van der Waals surface area contributed by atoms with Gasteiger partial charge in [-0.2, -0.15) is 0 Å². The first-order chi connectivity index (χ1) is 7.17. The van der Waals surface area contributed by atoms with Gasteiger partial charge in [0.25, 0.3) is 0 Å². The number of carbonyl (C=O) groups is 2. The zero-order chi connectivity index (χ0) is 11.3. The van der Waals surface area contributed by atoms with Crippen molar-refractivity contribution in [1.82, 2.24) is 10.2 Å². The number of ether oxygens (including phenoxy) is 1. The molecule has 86 valence electrons. The van der Waals surface area contributed by atoms with Crippen molar-refractivity contribution in [2.45, 2.75) is 32.7 Å². The predicted molar refractivity (Wildman–Crippen MR) is 55.4 cm³/mol. The maximum Gasteiger partial charge on any atom is 0.325 e. The molecule has 0 aromatic rings. The Kier molecular flexibility index (Phi) is 4.39. The van der Waals surface area contributed by atoms with E-state index in [0.717, 1.165) is 12.8 Å². The fraction of sp³-hybridized carbons (Fsp3) is 0.800. The number of rotatable bonds is 5. The van der Waals surface area contributed by atoms with Crippen LogP contribution in [0.15, 0.2) is 0 Å². The van der Waals surface area contributed by atoms with Crippen LogP contribution in [0, 0.1) is 0 Å². The van der Waals surface area contributed by atoms with Gasteiger partial charge in [0.2, 0.25) is 0 Å². The first-order valence-electron chi connectivity index (χ1n) is 5.38. The van der Waals surface area contributed by atoms with E-state index in [0.29, 0.717) is 19.2 Å². The Balaban J connectivity index is 2.32. The quantitative estimate of drug-likeness (QED) is 0.687. The summed E-state index contributed by atoms with van der Waals surface area (Å²) < 4.78 is 4.78. The number of likely N-dealkylation sites (N-methyl/N-ethyl adjacent to an activating group) is 1. The van der Waals surface area contributed by atoms with Crippen molar-refractivity contribution in [3.63, 3.8) is 0 Å². The van der Waals surface area contributed by atoms with E-state index < -0.39 is 0 Å². The molecule has 0 spiro atoms. The molecule has 2 amide bonds. The van der Waals surface area contributed by atoms with Crippen LogP contribution in [0.3, 0.4) is 0 Å². The summed E-state index contributed by atoms with van der Waals surface area (Å²) >= 11 is 0. The number of hydrogen-bond donors (Lipinski definition) is 1. The number of nitrogens with one attached hydrogen (secondary N) is 1. The summed E-state index contributed by atoms with van der Waals surface area (Å²) in [5.74, 6) is -0.356. The molecule has 5 heteroatoms. The molecule has 1 N–H and O–H groups in total. The molecule has 1 rings (SSSR count). The van der Waals surface area contributed by atoms with Crippen LogP contribution < -0.4 is 5.32 Å². The summed E-state index contributed by atoms with van der Waals surface area (Å²) in [6, 6.07) is 0.141. The van der Waals surface area contributed by atoms with Crippen molar-refractivity contribution >= 4 is 12.0 Å². The monoisotopic (exact) mass is 214 g/mol. The lowest BCUT2D eigenvalue weighted by Gasteiger charge is -2.20. The third-order valence-electron chi connectivity index (χ3n) is 2.20. The van der Waals surface area contributed by atoms with Gasteiger partial charge in [-0.3, -0.25) is 4.79 Å². The van der Waals surface area contributed by atoms with E-state index in [1.54, 1.807) is 6.92 Å². The van der Waals surface area contributed by atoms with Gasteiger partial charge in [0.15, 0.2) is 0 Å². The van der Waals surface area contributed by atoms with E-state index >= 15 is 0 Å². The van der Waals surface area contributed by atoms with Crippen molar-refractivity contribution in [2.75, 3.05) is 19.7 Å². The molecule has 0 bridgehead atoms. The molecule has 1 fully saturated rings. The summed E-state index contributed by atoms with van der Waals surface area (Å²) in [5.41, 5.74) is 0. The van der Waals surface area contributed by atoms with Crippen molar-refractivity contribution in [3.05, 3.63) is 0 Å². The molecule has 1 saturated carbocycles. The fourth-order valence-corrected chi connectivity index (χ4v) is 1.18. The molecular weight excluding hydrogens is 196 g/mol. The Bertz CT molecular complexity index is 239. The molecule has 0 atom stereocenters. The molecule has 0 aromatic carbocycles. The molecule has 0 aliphatic heterocycles. The molecule has 1 aliphatic carbocycles. The van der Waals surface area contributed by atoms with Gasteiger partial charge < -0.3 is 15.0 Å². The number of carbonyl (C=O) groups excluding carboxylic acids is 2. The van der Waals surface area contributed by atoms with Crippen LogP contribution >= 0.6 is 0 Å². The number of urea groups is 1. The lowest BCUT2D eigenvalue weighted by atomic mass is 10.5. The topological polar surface area (TPSA) is 58.6 Å². The third kappa shape index (κ3) is 4.18. The average Bonchev–Trinajstić information content (AvgIpc) is 2.98. The molecular formula is C10H18N2O3. The zero-order valence-electron chi connectivity index (χ0n) is 9.28. The second-order valence-electron chi connectivity index (χ2n) is 3.54. The van der Waals surface area contributed by atoms with Crippen molar-refractivity contribution in [2.24, 2.45) is 0 Å². The molecule has 5 nitrogen and oxygen atoms in total. The normalized spacial score (nSPS) is 14.5. The van der Waals surface area contributed by atoms with E-state index in [2.05, 4.69) is 5.32 Å². The first kappa shape index (κ1) is 11.8. The van der Waals surface area contributed by atoms with Crippen LogP contribution in [0.1, 0.15) is 26.7 Å². The number of nitrogens with zero attached hydrogens (tertiary/aromatic N) is 1. The van der Waals surface area contributed by atoms with E-state index in [-0.39, 0.29) is 18.5 Å². The SMILES string of the molecule is CCOC(=O)CN(CC)C(=O)NC1CC1. The van der Waals surface area contributed by atoms with Crippen LogP contribution in [-0.2, 0) is 9.53 Å². The Morgan fingerprint density at radius 3 is 2.53 bits per heavy atom. The molecule has 1 aliphatic rings. The Labute approximate surface area is 89.8 Å². The second kappa shape index (κ2) is 5.58. The van der Waals surface area contributed by atoms with Gasteiger partial charge in [0.1, 0.15) is 6.54 Å². The number of esters is 1. The van der Waals surface area contributed by atoms with Crippen LogP contribution in [0.2, 0.25) is 0 Å². The van der Waals surface area contributed by atoms with E-state index in [1.807, 2.05) is 6.92 Å². The Morgan fingerprint density at radius 2 is 2.07 bits per heavy atom. The van der Waals surface area contributed by atoms with Crippen LogP contribution in [0.25, 0.3) is 0 Å². The highest BCUT2D eigenvalue weighted by molar-refractivity contribution is 5.81. The summed E-state index contributed by atoms with van der Waals surface area (Å²) in [6.07, 6.45) is 2.09. The Morgan fingerprint density at radius 1 is 1.40 bits per heavy atom. The van der Waals surface area contributed by atoms with Crippen LogP contribution in [0.5, 0.6) is 0 Å². The van der Waals surface area contributed by atoms with Gasteiger partial charge in [-0.15, -0.1) is 0 Å². The highest BCUT2D eigenvalue weighted by Gasteiger charge is 2.26. The predicted octanol–water partition coefficient (Wildman–Crippen LogP) is 0.743. The first-order valence-corrected chi connectivity index (χ1v) is 5.38. The van der Waals surface area contributed by atoms with Gasteiger partial charge in [-0.25, -0.2) is 4.79 Å². The second-order valence-corrected chi connectivity index (χ2v) is 3.54. The Hall–Kier alpha value is -1.26. The van der Waals surface area contributed by atoms with Gasteiger partial charge in [-0.1, -0.05) is 0 Å². The molecule has 0 unspecified atom stereocenters. The molecule has 15 heavy (non-hydrogen) atoms. The van der Waals surface area contributed by atoms with Gasteiger partial charge in [0.05, 0.1) is 6.61 Å². The fourth-order valence-electron chi connectivity index (χ4n) is 1.18. The van der Waals surface area contributed by atoms with Crippen LogP contribution in [0.4, 0.5) is 4.79 Å². The average molecular weight is 214 g/mol. The molecule has 0 radical (unpaired) electrons. The zero-order valence-corrected chi connectivity index (χ0v) is 9.28. The summed E-state index contributed by atoms with van der Waals surface area (Å²) in [6.45, 7) is 4.48. The van der Waals surface area contributed by atoms with Crippen molar-refractivity contribution in [1.29, 1.82) is 0 Å². The lowest BCUT2D eigenvalue weighted by molar-refractivity contribution is -0.143. The largest absolute Gasteiger partial charge is 0.465 e. The summed E-state index contributed by atoms with van der Waals surface area (Å²) in [4.78, 5) is 24.2. The number of amides is 2. The maximum atomic E-state index is 11.6. The van der Waals surface area contributed by atoms with Crippen molar-refractivity contribution < 1.29 is 14.3 Å². The highest BCUT2D eigenvalue weighted by Crippen LogP contribution is 2.18. The minimum atomic E-state index is -0.356. The van der Waals surface area contributed by atoms with E-state index in [1.165, 1.54) is 4.90 Å². The molecule has 0 heterocycles. The van der Waals surface area contributed by atoms with E-state index in [4.69, 9.17) is 4.74 Å². The third-order valence-corrected chi connectivity index (χ3v) is 2.20. The number of hydrogen-bond acceptors (Lipinski definition) is 3. The van der Waals surface area contributed by atoms with Crippen LogP contribution in [-0.4, -0.2) is 42.6 Å². The summed E-state index contributed by atoms with van der Waals surface area (Å²) in [7, 11) is 0.